The maximum Gasteiger partial charge on any atom is 0.191 e. The predicted octanol–water partition coefficient (Wildman–Crippen LogP) is 3.36. The first-order chi connectivity index (χ1) is 11.9. The summed E-state index contributed by atoms with van der Waals surface area (Å²) in [6, 6.07) is 3.94. The molecule has 1 heterocycles. The van der Waals surface area contributed by atoms with Crippen LogP contribution in [0.3, 0.4) is 0 Å². The van der Waals surface area contributed by atoms with Crippen LogP contribution in [0.15, 0.2) is 27.8 Å². The number of nitrogens with one attached hydrogen (secondary N) is 2. The van der Waals surface area contributed by atoms with Crippen LogP contribution in [0.2, 0.25) is 0 Å². The van der Waals surface area contributed by atoms with Crippen LogP contribution in [0.1, 0.15) is 50.7 Å². The van der Waals surface area contributed by atoms with Crippen molar-refractivity contribution >= 4 is 5.96 Å². The fourth-order valence-electron chi connectivity index (χ4n) is 3.10. The molecule has 0 atom stereocenters. The molecule has 0 spiro atoms. The Bertz CT molecular complexity index is 439. The van der Waals surface area contributed by atoms with E-state index in [2.05, 4.69) is 10.6 Å². The highest BCUT2D eigenvalue weighted by Crippen LogP contribution is 2.23. The van der Waals surface area contributed by atoms with Gasteiger partial charge in [-0.15, -0.1) is 0 Å². The van der Waals surface area contributed by atoms with Gasteiger partial charge in [-0.25, -0.2) is 0 Å². The topological polar surface area (TPSA) is 58.8 Å². The van der Waals surface area contributed by atoms with Crippen LogP contribution in [-0.4, -0.2) is 39.3 Å². The van der Waals surface area contributed by atoms with Crippen molar-refractivity contribution in [2.75, 3.05) is 33.4 Å². The standard InChI is InChI=1S/C19H33N3O2/c1-23-14-6-5-12-20-19(21-13-11-18-10-7-15-24-18)22-16-17-8-3-2-4-9-17/h7,10,15,17H,2-6,8-9,11-14,16H2,1H3,(H2,20,21,22). The molecular weight excluding hydrogens is 302 g/mol. The van der Waals surface area contributed by atoms with Crippen molar-refractivity contribution in [3.8, 4) is 0 Å². The first kappa shape index (κ1) is 18.8. The van der Waals surface area contributed by atoms with Gasteiger partial charge in [-0.05, 0) is 43.7 Å². The van der Waals surface area contributed by atoms with Crippen molar-refractivity contribution in [1.82, 2.24) is 10.6 Å². The molecule has 1 aromatic heterocycles. The van der Waals surface area contributed by atoms with Crippen molar-refractivity contribution in [3.63, 3.8) is 0 Å². The summed E-state index contributed by atoms with van der Waals surface area (Å²) >= 11 is 0. The lowest BCUT2D eigenvalue weighted by Crippen LogP contribution is -2.39. The van der Waals surface area contributed by atoms with E-state index in [0.29, 0.717) is 0 Å². The Morgan fingerprint density at radius 1 is 1.21 bits per heavy atom. The number of furan rings is 1. The summed E-state index contributed by atoms with van der Waals surface area (Å²) in [4.78, 5) is 4.82. The molecule has 1 saturated carbocycles. The van der Waals surface area contributed by atoms with Crippen LogP contribution < -0.4 is 10.6 Å². The Hall–Kier alpha value is -1.49. The average Bonchev–Trinajstić information content (AvgIpc) is 3.13. The van der Waals surface area contributed by atoms with Crippen LogP contribution in [0, 0.1) is 5.92 Å². The molecule has 1 aromatic rings. The fraction of sp³-hybridized carbons (Fsp3) is 0.737. The van der Waals surface area contributed by atoms with Gasteiger partial charge in [0.2, 0.25) is 0 Å². The third kappa shape index (κ3) is 7.86. The molecule has 0 aliphatic heterocycles. The van der Waals surface area contributed by atoms with E-state index < -0.39 is 0 Å². The van der Waals surface area contributed by atoms with E-state index in [9.17, 15) is 0 Å². The van der Waals surface area contributed by atoms with Gasteiger partial charge in [0.05, 0.1) is 6.26 Å². The van der Waals surface area contributed by atoms with E-state index in [0.717, 1.165) is 63.1 Å². The zero-order valence-electron chi connectivity index (χ0n) is 15.1. The monoisotopic (exact) mass is 335 g/mol. The minimum Gasteiger partial charge on any atom is -0.469 e. The number of nitrogens with zero attached hydrogens (tertiary/aromatic N) is 1. The van der Waals surface area contributed by atoms with Gasteiger partial charge in [-0.3, -0.25) is 4.99 Å². The number of unbranched alkanes of at least 4 members (excludes halogenated alkanes) is 1. The quantitative estimate of drug-likeness (QED) is 0.391. The smallest absolute Gasteiger partial charge is 0.191 e. The van der Waals surface area contributed by atoms with Crippen molar-refractivity contribution in [1.29, 1.82) is 0 Å². The molecule has 2 rings (SSSR count). The van der Waals surface area contributed by atoms with E-state index in [1.165, 1.54) is 32.1 Å². The molecule has 1 aliphatic carbocycles. The van der Waals surface area contributed by atoms with Crippen molar-refractivity contribution < 1.29 is 9.15 Å². The fourth-order valence-corrected chi connectivity index (χ4v) is 3.10. The summed E-state index contributed by atoms with van der Waals surface area (Å²) in [6.45, 7) is 3.53. The average molecular weight is 335 g/mol. The molecule has 1 fully saturated rings. The molecule has 0 unspecified atom stereocenters. The number of hydrogen-bond donors (Lipinski definition) is 2. The van der Waals surface area contributed by atoms with Gasteiger partial charge in [0.25, 0.3) is 0 Å². The van der Waals surface area contributed by atoms with Crippen molar-refractivity contribution in [2.24, 2.45) is 10.9 Å². The maximum absolute atomic E-state index is 5.38. The van der Waals surface area contributed by atoms with Crippen LogP contribution >= 0.6 is 0 Å². The van der Waals surface area contributed by atoms with Gasteiger partial charge in [-0.2, -0.15) is 0 Å². The maximum atomic E-state index is 5.38. The van der Waals surface area contributed by atoms with Gasteiger partial charge in [0.15, 0.2) is 5.96 Å². The van der Waals surface area contributed by atoms with E-state index in [1.54, 1.807) is 13.4 Å². The van der Waals surface area contributed by atoms with E-state index >= 15 is 0 Å². The van der Waals surface area contributed by atoms with Gasteiger partial charge in [0, 0.05) is 39.8 Å². The second-order valence-corrected chi connectivity index (χ2v) is 6.58. The lowest BCUT2D eigenvalue weighted by atomic mass is 9.89. The number of guanidine groups is 1. The second-order valence-electron chi connectivity index (χ2n) is 6.58. The normalized spacial score (nSPS) is 16.3. The predicted molar refractivity (Wildman–Crippen MR) is 98.4 cm³/mol. The molecule has 5 nitrogen and oxygen atoms in total. The molecule has 0 bridgehead atoms. The number of aliphatic imine (C=N–C) groups is 1. The Morgan fingerprint density at radius 3 is 2.79 bits per heavy atom. The van der Waals surface area contributed by atoms with Gasteiger partial charge >= 0.3 is 0 Å². The van der Waals surface area contributed by atoms with Crippen molar-refractivity contribution in [3.05, 3.63) is 24.2 Å². The summed E-state index contributed by atoms with van der Waals surface area (Å²) in [5.41, 5.74) is 0. The molecule has 2 N–H and O–H groups in total. The molecule has 24 heavy (non-hydrogen) atoms. The summed E-state index contributed by atoms with van der Waals surface area (Å²) in [5.74, 6) is 2.70. The number of hydrogen-bond acceptors (Lipinski definition) is 3. The highest BCUT2D eigenvalue weighted by Gasteiger charge is 2.13. The Labute approximate surface area is 146 Å². The first-order valence-corrected chi connectivity index (χ1v) is 9.42. The molecule has 136 valence electrons. The van der Waals surface area contributed by atoms with Crippen LogP contribution in [-0.2, 0) is 11.2 Å². The lowest BCUT2D eigenvalue weighted by Gasteiger charge is -2.20. The molecular formula is C19H33N3O2. The first-order valence-electron chi connectivity index (χ1n) is 9.42. The molecule has 0 aromatic carbocycles. The van der Waals surface area contributed by atoms with Gasteiger partial charge in [-0.1, -0.05) is 19.3 Å². The largest absolute Gasteiger partial charge is 0.469 e. The summed E-state index contributed by atoms with van der Waals surface area (Å²) in [6.07, 6.45) is 11.6. The zero-order chi connectivity index (χ0) is 16.9. The summed E-state index contributed by atoms with van der Waals surface area (Å²) in [7, 11) is 1.75. The molecule has 5 heteroatoms. The van der Waals surface area contributed by atoms with E-state index in [4.69, 9.17) is 14.1 Å². The second kappa shape index (κ2) is 12.0. The zero-order valence-corrected chi connectivity index (χ0v) is 15.1. The molecule has 0 saturated heterocycles. The van der Waals surface area contributed by atoms with Gasteiger partial charge in [0.1, 0.15) is 5.76 Å². The summed E-state index contributed by atoms with van der Waals surface area (Å²) in [5, 5.41) is 6.89. The van der Waals surface area contributed by atoms with Crippen LogP contribution in [0.25, 0.3) is 0 Å². The minimum atomic E-state index is 0.760. The summed E-state index contributed by atoms with van der Waals surface area (Å²) < 4.78 is 10.5. The highest BCUT2D eigenvalue weighted by molar-refractivity contribution is 5.79. The third-order valence-corrected chi connectivity index (χ3v) is 4.54. The van der Waals surface area contributed by atoms with E-state index in [-0.39, 0.29) is 0 Å². The van der Waals surface area contributed by atoms with Crippen molar-refractivity contribution in [2.45, 2.75) is 51.4 Å². The third-order valence-electron chi connectivity index (χ3n) is 4.54. The van der Waals surface area contributed by atoms with Crippen LogP contribution in [0.4, 0.5) is 0 Å². The SMILES string of the molecule is COCCCCNC(=NCC1CCCCC1)NCCc1ccco1. The Morgan fingerprint density at radius 2 is 2.04 bits per heavy atom. The number of rotatable bonds is 10. The Kier molecular flexibility index (Phi) is 9.39. The van der Waals surface area contributed by atoms with E-state index in [1.807, 2.05) is 12.1 Å². The minimum absolute atomic E-state index is 0.760. The Balaban J connectivity index is 1.73. The highest BCUT2D eigenvalue weighted by atomic mass is 16.5. The number of methoxy groups -OCH3 is 1. The molecule has 0 radical (unpaired) electrons. The van der Waals surface area contributed by atoms with Gasteiger partial charge < -0.3 is 19.8 Å². The molecule has 1 aliphatic rings. The lowest BCUT2D eigenvalue weighted by molar-refractivity contribution is 0.193. The molecule has 0 amide bonds. The van der Waals surface area contributed by atoms with Crippen LogP contribution in [0.5, 0.6) is 0 Å². The number of ether oxygens (including phenoxy) is 1.